The molecule has 1 heterocycles. The van der Waals surface area contributed by atoms with Gasteiger partial charge < -0.3 is 4.57 Å². The minimum absolute atomic E-state index is 0.826. The summed E-state index contributed by atoms with van der Waals surface area (Å²) in [5, 5.41) is 2.58. The number of rotatable bonds is 1. The van der Waals surface area contributed by atoms with Crippen LogP contribution in [0, 0.1) is 19.9 Å². The topological polar surface area (TPSA) is 17.8 Å². The second-order valence-corrected chi connectivity index (χ2v) is 11.4. The van der Waals surface area contributed by atoms with Gasteiger partial charge in [-0.1, -0.05) is 48.4 Å². The molecule has 5 heteroatoms. The van der Waals surface area contributed by atoms with E-state index in [0.29, 0.717) is 0 Å². The zero-order valence-electron chi connectivity index (χ0n) is 17.9. The molecule has 1 aliphatic carbocycles. The predicted octanol–water partition coefficient (Wildman–Crippen LogP) is 7.80. The van der Waals surface area contributed by atoms with Gasteiger partial charge in [-0.05, 0) is 13.3 Å². The Morgan fingerprint density at radius 2 is 1.78 bits per heavy atom. The Morgan fingerprint density at radius 3 is 2.56 bits per heavy atom. The van der Waals surface area contributed by atoms with Crippen LogP contribution in [0.4, 0.5) is 0 Å². The van der Waals surface area contributed by atoms with Crippen molar-refractivity contribution in [3.8, 4) is 16.8 Å². The maximum Gasteiger partial charge on any atom is -0.0253 e. The van der Waals surface area contributed by atoms with Crippen molar-refractivity contribution in [2.75, 3.05) is 0 Å². The number of benzene rings is 3. The molecule has 158 valence electrons. The molecule has 0 atom stereocenters. The van der Waals surface area contributed by atoms with E-state index < -0.39 is 20.8 Å². The van der Waals surface area contributed by atoms with Crippen LogP contribution in [-0.2, 0) is 27.3 Å². The molecular formula is C27H22Cl2N2Zr. The predicted molar refractivity (Wildman–Crippen MR) is 131 cm³/mol. The second kappa shape index (κ2) is 10.7. The van der Waals surface area contributed by atoms with Crippen LogP contribution >= 0.6 is 17.0 Å². The van der Waals surface area contributed by atoms with E-state index in [1.807, 2.05) is 19.3 Å². The van der Waals surface area contributed by atoms with Crippen LogP contribution in [0.2, 0.25) is 0 Å². The summed E-state index contributed by atoms with van der Waals surface area (Å²) in [7, 11) is 9.87. The third kappa shape index (κ3) is 5.12. The molecule has 5 aromatic rings. The van der Waals surface area contributed by atoms with E-state index in [9.17, 15) is 0 Å². The number of halogens is 2. The summed E-state index contributed by atoms with van der Waals surface area (Å²) < 4.78 is 2.08. The molecular weight excluding hydrogens is 514 g/mol. The average molecular weight is 537 g/mol. The number of aryl methyl sites for hydroxylation is 2. The van der Waals surface area contributed by atoms with Gasteiger partial charge in [-0.3, -0.25) is 0 Å². The smallest absolute Gasteiger partial charge is 0.0253 e. The molecule has 1 aliphatic rings. The van der Waals surface area contributed by atoms with Gasteiger partial charge in [-0.25, -0.2) is 4.98 Å². The van der Waals surface area contributed by atoms with Crippen LogP contribution in [-0.4, -0.2) is 9.55 Å². The van der Waals surface area contributed by atoms with Gasteiger partial charge in [0.15, 0.2) is 0 Å². The van der Waals surface area contributed by atoms with Crippen LogP contribution in [0.3, 0.4) is 0 Å². The first kappa shape index (κ1) is 23.1. The molecule has 0 spiro atoms. The Bertz CT molecular complexity index is 1290. The summed E-state index contributed by atoms with van der Waals surface area (Å²) in [5.41, 5.74) is 9.06. The minimum atomic E-state index is -0.826. The summed E-state index contributed by atoms with van der Waals surface area (Å²) in [6.07, 6.45) is 4.97. The number of fused-ring (bicyclic) bond motifs is 4. The summed E-state index contributed by atoms with van der Waals surface area (Å²) in [5.74, 6) is 0. The summed E-state index contributed by atoms with van der Waals surface area (Å²) in [6.45, 7) is 4.13. The molecule has 0 bridgehead atoms. The fourth-order valence-electron chi connectivity index (χ4n) is 4.14. The molecule has 0 saturated heterocycles. The van der Waals surface area contributed by atoms with Crippen molar-refractivity contribution >= 4 is 27.8 Å². The number of hydrogen-bond acceptors (Lipinski definition) is 1. The van der Waals surface area contributed by atoms with Gasteiger partial charge in [0.2, 0.25) is 0 Å². The van der Waals surface area contributed by atoms with Crippen molar-refractivity contribution in [2.24, 2.45) is 0 Å². The van der Waals surface area contributed by atoms with Crippen LogP contribution < -0.4 is 0 Å². The number of nitrogens with zero attached hydrogens (tertiary/aromatic N) is 2. The van der Waals surface area contributed by atoms with Crippen LogP contribution in [0.15, 0.2) is 85.3 Å². The third-order valence-corrected chi connectivity index (χ3v) is 5.48. The Balaban J connectivity index is 0.000000139. The van der Waals surface area contributed by atoms with Crippen LogP contribution in [0.5, 0.6) is 0 Å². The first-order chi connectivity index (χ1) is 15.6. The van der Waals surface area contributed by atoms with Crippen molar-refractivity contribution < 1.29 is 20.8 Å². The second-order valence-electron chi connectivity index (χ2n) is 7.70. The Morgan fingerprint density at radius 1 is 1.00 bits per heavy atom. The SMILES string of the molecule is Cc1cc2c(-n3cnc(C)c3)cccc2[cH-]1.[Cl][Zr+2][Cl].[c-]1cccc2c1Cc1ccccc1-2. The molecule has 32 heavy (non-hydrogen) atoms. The van der Waals surface area contributed by atoms with Gasteiger partial charge in [0.25, 0.3) is 0 Å². The third-order valence-electron chi connectivity index (χ3n) is 5.48. The van der Waals surface area contributed by atoms with Gasteiger partial charge in [0.05, 0.1) is 12.0 Å². The fraction of sp³-hybridized carbons (Fsp3) is 0.111. The Hall–Kier alpha value is -2.06. The molecule has 6 rings (SSSR count). The molecule has 0 saturated carbocycles. The number of hydrogen-bond donors (Lipinski definition) is 0. The molecule has 0 amide bonds. The van der Waals surface area contributed by atoms with Crippen molar-refractivity contribution in [1.82, 2.24) is 9.55 Å². The first-order valence-electron chi connectivity index (χ1n) is 10.3. The molecule has 0 fully saturated rings. The molecule has 4 aromatic carbocycles. The quantitative estimate of drug-likeness (QED) is 0.196. The van der Waals surface area contributed by atoms with Crippen molar-refractivity contribution in [1.29, 1.82) is 0 Å². The minimum Gasteiger partial charge on any atom is -0.179 e. The Labute approximate surface area is 207 Å². The van der Waals surface area contributed by atoms with E-state index in [4.69, 9.17) is 17.0 Å². The molecule has 1 aromatic heterocycles. The van der Waals surface area contributed by atoms with Crippen molar-refractivity contribution in [2.45, 2.75) is 20.3 Å². The van der Waals surface area contributed by atoms with Gasteiger partial charge in [0, 0.05) is 11.9 Å². The van der Waals surface area contributed by atoms with E-state index in [1.54, 1.807) is 0 Å². The van der Waals surface area contributed by atoms with Crippen LogP contribution in [0.1, 0.15) is 22.4 Å². The van der Waals surface area contributed by atoms with Gasteiger partial charge >= 0.3 is 37.9 Å². The van der Waals surface area contributed by atoms with Gasteiger partial charge in [-0.15, -0.1) is 40.1 Å². The zero-order valence-corrected chi connectivity index (χ0v) is 21.9. The van der Waals surface area contributed by atoms with Crippen molar-refractivity contribution in [3.63, 3.8) is 0 Å². The summed E-state index contributed by atoms with van der Waals surface area (Å²) >= 11 is -0.826. The Kier molecular flexibility index (Phi) is 7.73. The molecule has 2 nitrogen and oxygen atoms in total. The van der Waals surface area contributed by atoms with Gasteiger partial charge in [0.1, 0.15) is 0 Å². The van der Waals surface area contributed by atoms with E-state index >= 15 is 0 Å². The fourth-order valence-corrected chi connectivity index (χ4v) is 4.14. The van der Waals surface area contributed by atoms with Crippen LogP contribution in [0.25, 0.3) is 27.6 Å². The van der Waals surface area contributed by atoms with E-state index in [2.05, 4.69) is 95.5 Å². The largest absolute Gasteiger partial charge is 0.179 e. The molecule has 0 unspecified atom stereocenters. The molecule has 0 aliphatic heterocycles. The standard InChI is InChI=1S/C14H13N2.C13H9.2ClH.Zr/c1-10-6-12-4-3-5-14(13(12)7-10)16-8-11(2)15-9-16;1-3-7-12-10(5-1)9-11-6-2-4-8-13(11)12;;;/h3-9H,1-2H3;1-5,7-8H,9H2;2*1H;/q2*-1;;;+4/p-2. The van der Waals surface area contributed by atoms with E-state index in [1.165, 1.54) is 44.3 Å². The maximum atomic E-state index is 4.93. The number of aromatic nitrogens is 2. The molecule has 0 N–H and O–H groups in total. The number of imidazole rings is 1. The average Bonchev–Trinajstić information content (AvgIpc) is 3.50. The zero-order chi connectivity index (χ0) is 22.5. The monoisotopic (exact) mass is 534 g/mol. The van der Waals surface area contributed by atoms with E-state index in [0.717, 1.165) is 12.1 Å². The van der Waals surface area contributed by atoms with Gasteiger partial charge in [-0.2, -0.15) is 35.9 Å². The normalized spacial score (nSPS) is 10.9. The first-order valence-corrected chi connectivity index (χ1v) is 16.6. The maximum absolute atomic E-state index is 4.93. The summed E-state index contributed by atoms with van der Waals surface area (Å²) in [6, 6.07) is 28.9. The molecule has 0 radical (unpaired) electrons. The van der Waals surface area contributed by atoms with Crippen molar-refractivity contribution in [3.05, 3.63) is 114 Å². The summed E-state index contributed by atoms with van der Waals surface area (Å²) in [4.78, 5) is 4.27. The van der Waals surface area contributed by atoms with E-state index in [-0.39, 0.29) is 0 Å².